The normalized spacial score (nSPS) is 21.8. The van der Waals surface area contributed by atoms with Gasteiger partial charge in [-0.3, -0.25) is 9.78 Å². The first-order valence-electron chi connectivity index (χ1n) is 7.99. The fourth-order valence-electron chi connectivity index (χ4n) is 3.45. The Bertz CT molecular complexity index is 736. The number of hydrogen-bond acceptors (Lipinski definition) is 6. The van der Waals surface area contributed by atoms with Crippen molar-refractivity contribution in [2.75, 3.05) is 18.8 Å². The zero-order valence-electron chi connectivity index (χ0n) is 13.7. The molecule has 2 saturated heterocycles. The molecular weight excluding hydrogens is 326 g/mol. The van der Waals surface area contributed by atoms with Gasteiger partial charge in [0.2, 0.25) is 0 Å². The summed E-state index contributed by atoms with van der Waals surface area (Å²) >= 11 is 1.91. The fourth-order valence-corrected chi connectivity index (χ4v) is 4.97. The highest BCUT2D eigenvalue weighted by Gasteiger charge is 2.51. The Hall–Kier alpha value is -2.02. The molecule has 4 rings (SSSR count). The minimum atomic E-state index is 0.0223. The molecule has 1 amide bonds. The Kier molecular flexibility index (Phi) is 3.75. The average molecular weight is 345 g/mol. The molecule has 2 aliphatic rings. The first kappa shape index (κ1) is 15.5. The summed E-state index contributed by atoms with van der Waals surface area (Å²) in [5.41, 5.74) is 1.27. The third-order valence-corrected chi connectivity index (χ3v) is 6.18. The summed E-state index contributed by atoms with van der Waals surface area (Å²) in [4.78, 5) is 18.6. The summed E-state index contributed by atoms with van der Waals surface area (Å²) in [5, 5.41) is 3.87. The van der Waals surface area contributed by atoms with Gasteiger partial charge in [0.1, 0.15) is 23.2 Å². The lowest BCUT2D eigenvalue weighted by Gasteiger charge is -2.47. The van der Waals surface area contributed by atoms with Gasteiger partial charge in [-0.15, -0.1) is 11.8 Å². The molecule has 2 aliphatic heterocycles. The molecule has 1 unspecified atom stereocenters. The Labute approximate surface area is 144 Å². The van der Waals surface area contributed by atoms with E-state index in [1.54, 1.807) is 26.2 Å². The number of pyridine rings is 1. The van der Waals surface area contributed by atoms with E-state index in [-0.39, 0.29) is 16.8 Å². The molecule has 2 aromatic rings. The van der Waals surface area contributed by atoms with Crippen molar-refractivity contribution >= 4 is 17.7 Å². The molecule has 7 heteroatoms. The number of carbonyl (C=O) groups excluding carboxylic acids is 1. The van der Waals surface area contributed by atoms with Crippen LogP contribution < -0.4 is 4.74 Å². The second-order valence-corrected chi connectivity index (χ2v) is 7.98. The molecule has 24 heavy (non-hydrogen) atoms. The molecule has 126 valence electrons. The number of likely N-dealkylation sites (tertiary alicyclic amines) is 1. The van der Waals surface area contributed by atoms with Gasteiger partial charge in [0.15, 0.2) is 0 Å². The molecule has 0 radical (unpaired) electrons. The summed E-state index contributed by atoms with van der Waals surface area (Å²) < 4.78 is 11.2. The monoisotopic (exact) mass is 345 g/mol. The average Bonchev–Trinajstić information content (AvgIpc) is 3.10. The standard InChI is InChI=1S/C17H19N3O3S/c1-11-15(12(2)23-19-11)16(21)20-9-17(10-20)6-14(8-24-17)22-13-4-3-5-18-7-13/h3-5,7,14H,6,8-10H2,1-2H3. The number of amides is 1. The molecule has 1 atom stereocenters. The van der Waals surface area contributed by atoms with Crippen LogP contribution in [-0.2, 0) is 0 Å². The van der Waals surface area contributed by atoms with E-state index in [9.17, 15) is 4.79 Å². The summed E-state index contributed by atoms with van der Waals surface area (Å²) in [7, 11) is 0. The maximum Gasteiger partial charge on any atom is 0.259 e. The third-order valence-electron chi connectivity index (χ3n) is 4.60. The summed E-state index contributed by atoms with van der Waals surface area (Å²) in [5.74, 6) is 2.37. The van der Waals surface area contributed by atoms with Gasteiger partial charge < -0.3 is 14.2 Å². The van der Waals surface area contributed by atoms with Crippen molar-refractivity contribution < 1.29 is 14.1 Å². The molecule has 0 aliphatic carbocycles. The van der Waals surface area contributed by atoms with Crippen LogP contribution in [0.25, 0.3) is 0 Å². The van der Waals surface area contributed by atoms with Crippen molar-refractivity contribution in [3.05, 3.63) is 41.5 Å². The second kappa shape index (κ2) is 5.81. The van der Waals surface area contributed by atoms with E-state index in [1.807, 2.05) is 28.8 Å². The van der Waals surface area contributed by atoms with Gasteiger partial charge in [0, 0.05) is 31.5 Å². The quantitative estimate of drug-likeness (QED) is 0.851. The number of ether oxygens (including phenoxy) is 1. The van der Waals surface area contributed by atoms with Gasteiger partial charge in [-0.1, -0.05) is 5.16 Å². The Morgan fingerprint density at radius 3 is 2.96 bits per heavy atom. The summed E-state index contributed by atoms with van der Waals surface area (Å²) in [6.45, 7) is 5.10. The first-order valence-corrected chi connectivity index (χ1v) is 8.98. The highest BCUT2D eigenvalue weighted by Crippen LogP contribution is 2.46. The van der Waals surface area contributed by atoms with Crippen molar-refractivity contribution in [3.63, 3.8) is 0 Å². The van der Waals surface area contributed by atoms with Crippen LogP contribution in [0.2, 0.25) is 0 Å². The smallest absolute Gasteiger partial charge is 0.259 e. The van der Waals surface area contributed by atoms with Crippen LogP contribution in [0.5, 0.6) is 5.75 Å². The molecule has 0 saturated carbocycles. The largest absolute Gasteiger partial charge is 0.488 e. The van der Waals surface area contributed by atoms with E-state index < -0.39 is 0 Å². The van der Waals surface area contributed by atoms with Crippen LogP contribution in [0.3, 0.4) is 0 Å². The molecule has 2 aromatic heterocycles. The van der Waals surface area contributed by atoms with E-state index in [0.717, 1.165) is 31.0 Å². The molecular formula is C17H19N3O3S. The molecule has 0 bridgehead atoms. The maximum atomic E-state index is 12.6. The van der Waals surface area contributed by atoms with Crippen molar-refractivity contribution in [3.8, 4) is 5.75 Å². The Balaban J connectivity index is 1.36. The highest BCUT2D eigenvalue weighted by molar-refractivity contribution is 8.01. The fraction of sp³-hybridized carbons (Fsp3) is 0.471. The minimum absolute atomic E-state index is 0.0223. The van der Waals surface area contributed by atoms with E-state index in [2.05, 4.69) is 10.1 Å². The van der Waals surface area contributed by atoms with Gasteiger partial charge >= 0.3 is 0 Å². The molecule has 0 N–H and O–H groups in total. The van der Waals surface area contributed by atoms with E-state index in [1.165, 1.54) is 0 Å². The van der Waals surface area contributed by atoms with Crippen molar-refractivity contribution in [1.82, 2.24) is 15.0 Å². The number of carbonyl (C=O) groups is 1. The second-order valence-electron chi connectivity index (χ2n) is 6.49. The van der Waals surface area contributed by atoms with Crippen LogP contribution in [0.1, 0.15) is 28.2 Å². The van der Waals surface area contributed by atoms with Crippen molar-refractivity contribution in [1.29, 1.82) is 0 Å². The predicted octanol–water partition coefficient (Wildman–Crippen LogP) is 2.47. The SMILES string of the molecule is Cc1noc(C)c1C(=O)N1CC2(CC(Oc3cccnc3)CS2)C1. The van der Waals surface area contributed by atoms with Gasteiger partial charge in [0.25, 0.3) is 5.91 Å². The van der Waals surface area contributed by atoms with E-state index in [0.29, 0.717) is 17.0 Å². The number of aromatic nitrogens is 2. The minimum Gasteiger partial charge on any atom is -0.488 e. The van der Waals surface area contributed by atoms with Crippen molar-refractivity contribution in [2.45, 2.75) is 31.1 Å². The first-order chi connectivity index (χ1) is 11.6. The molecule has 0 aromatic carbocycles. The van der Waals surface area contributed by atoms with Crippen LogP contribution in [0.15, 0.2) is 29.0 Å². The topological polar surface area (TPSA) is 68.5 Å². The van der Waals surface area contributed by atoms with Gasteiger partial charge in [-0.05, 0) is 26.0 Å². The molecule has 4 heterocycles. The molecule has 2 fully saturated rings. The van der Waals surface area contributed by atoms with E-state index >= 15 is 0 Å². The van der Waals surface area contributed by atoms with Crippen molar-refractivity contribution in [2.24, 2.45) is 0 Å². The Morgan fingerprint density at radius 2 is 2.29 bits per heavy atom. The van der Waals surface area contributed by atoms with E-state index in [4.69, 9.17) is 9.26 Å². The predicted molar refractivity (Wildman–Crippen MR) is 90.3 cm³/mol. The summed E-state index contributed by atoms with van der Waals surface area (Å²) in [6, 6.07) is 3.80. The summed E-state index contributed by atoms with van der Waals surface area (Å²) in [6.07, 6.45) is 4.61. The number of nitrogens with zero attached hydrogens (tertiary/aromatic N) is 3. The van der Waals surface area contributed by atoms with Crippen LogP contribution in [0, 0.1) is 13.8 Å². The lowest BCUT2D eigenvalue weighted by molar-refractivity contribution is 0.0515. The van der Waals surface area contributed by atoms with Gasteiger partial charge in [-0.2, -0.15) is 0 Å². The molecule has 1 spiro atoms. The Morgan fingerprint density at radius 1 is 1.46 bits per heavy atom. The number of rotatable bonds is 3. The number of aryl methyl sites for hydroxylation is 2. The highest BCUT2D eigenvalue weighted by atomic mass is 32.2. The van der Waals surface area contributed by atoms with Crippen LogP contribution in [0.4, 0.5) is 0 Å². The third kappa shape index (κ3) is 2.66. The van der Waals surface area contributed by atoms with Gasteiger partial charge in [-0.25, -0.2) is 0 Å². The van der Waals surface area contributed by atoms with Crippen LogP contribution in [-0.4, -0.2) is 50.6 Å². The van der Waals surface area contributed by atoms with Crippen LogP contribution >= 0.6 is 11.8 Å². The van der Waals surface area contributed by atoms with Gasteiger partial charge in [0.05, 0.1) is 16.6 Å². The zero-order valence-corrected chi connectivity index (χ0v) is 14.5. The molecule has 6 nitrogen and oxygen atoms in total. The zero-order chi connectivity index (χ0) is 16.7. The number of thioether (sulfide) groups is 1. The lowest BCUT2D eigenvalue weighted by Crippen LogP contribution is -2.61. The number of hydrogen-bond donors (Lipinski definition) is 0. The lowest BCUT2D eigenvalue weighted by atomic mass is 9.92. The maximum absolute atomic E-state index is 12.6.